The van der Waals surface area contributed by atoms with Gasteiger partial charge in [0.15, 0.2) is 0 Å². The summed E-state index contributed by atoms with van der Waals surface area (Å²) in [5.41, 5.74) is 2.08. The van der Waals surface area contributed by atoms with Crippen molar-refractivity contribution in [3.05, 3.63) is 41.5 Å². The van der Waals surface area contributed by atoms with Crippen LogP contribution in [0.15, 0.2) is 35.9 Å². The second-order valence-corrected chi connectivity index (χ2v) is 6.43. The van der Waals surface area contributed by atoms with Crippen LogP contribution in [0.25, 0.3) is 0 Å². The number of ether oxygens (including phenoxy) is 2. The molecule has 1 amide bonds. The molecule has 1 fully saturated rings. The fourth-order valence-electron chi connectivity index (χ4n) is 2.80. The molecule has 0 unspecified atom stereocenters. The van der Waals surface area contributed by atoms with Gasteiger partial charge in [-0.2, -0.15) is 0 Å². The molecule has 0 spiro atoms. The molecule has 1 aliphatic heterocycles. The van der Waals surface area contributed by atoms with E-state index in [1.54, 1.807) is 12.0 Å². The average Bonchev–Trinajstić information content (AvgIpc) is 2.56. The van der Waals surface area contributed by atoms with Crippen LogP contribution >= 0.6 is 0 Å². The molecule has 0 bridgehead atoms. The summed E-state index contributed by atoms with van der Waals surface area (Å²) in [5, 5.41) is 0. The lowest BCUT2D eigenvalue weighted by Gasteiger charge is -2.39. The fourth-order valence-corrected chi connectivity index (χ4v) is 2.80. The minimum Gasteiger partial charge on any atom is -0.497 e. The molecule has 0 atom stereocenters. The maximum absolute atomic E-state index is 11.9. The Kier molecular flexibility index (Phi) is 5.92. The first-order valence-electron chi connectivity index (χ1n) is 8.23. The zero-order chi connectivity index (χ0) is 17.6. The number of rotatable bonds is 2. The molecule has 24 heavy (non-hydrogen) atoms. The Balaban J connectivity index is 2.08. The lowest BCUT2D eigenvalue weighted by molar-refractivity contribution is 0.0862. The summed E-state index contributed by atoms with van der Waals surface area (Å²) in [6.45, 7) is 7.83. The summed E-state index contributed by atoms with van der Waals surface area (Å²) in [4.78, 5) is 13.7. The highest BCUT2D eigenvalue weighted by Crippen LogP contribution is 2.34. The largest absolute Gasteiger partial charge is 0.497 e. The minimum absolute atomic E-state index is 0.103. The van der Waals surface area contributed by atoms with Gasteiger partial charge in [0.2, 0.25) is 0 Å². The molecule has 0 N–H and O–H groups in total. The van der Waals surface area contributed by atoms with E-state index in [1.165, 1.54) is 5.57 Å². The normalized spacial score (nSPS) is 17.8. The quantitative estimate of drug-likeness (QED) is 0.774. The molecule has 0 aliphatic carbocycles. The third kappa shape index (κ3) is 4.55. The number of amides is 1. The van der Waals surface area contributed by atoms with Crippen molar-refractivity contribution in [3.63, 3.8) is 0 Å². The summed E-state index contributed by atoms with van der Waals surface area (Å²) in [5.74, 6) is 7.10. The molecular formula is C20H25NO3. The second-order valence-electron chi connectivity index (χ2n) is 6.43. The Morgan fingerprint density at radius 2 is 2.21 bits per heavy atom. The van der Waals surface area contributed by atoms with E-state index in [9.17, 15) is 4.79 Å². The number of methoxy groups -OCH3 is 1. The molecule has 1 aliphatic rings. The lowest BCUT2D eigenvalue weighted by atomic mass is 9.79. The lowest BCUT2D eigenvalue weighted by Crippen LogP contribution is -2.45. The summed E-state index contributed by atoms with van der Waals surface area (Å²) >= 11 is 0. The number of allylic oxidation sites excluding steroid dienone is 1. The highest BCUT2D eigenvalue weighted by atomic mass is 16.6. The van der Waals surface area contributed by atoms with Crippen molar-refractivity contribution in [2.75, 3.05) is 26.8 Å². The summed E-state index contributed by atoms with van der Waals surface area (Å²) in [7, 11) is 1.65. The van der Waals surface area contributed by atoms with Gasteiger partial charge < -0.3 is 14.4 Å². The summed E-state index contributed by atoms with van der Waals surface area (Å²) in [6.07, 6.45) is 2.58. The third-order valence-corrected chi connectivity index (χ3v) is 4.17. The van der Waals surface area contributed by atoms with Crippen molar-refractivity contribution >= 4 is 6.09 Å². The molecule has 128 valence electrons. The molecule has 0 aromatic heterocycles. The monoisotopic (exact) mass is 327 g/mol. The minimum atomic E-state index is -0.230. The smallest absolute Gasteiger partial charge is 0.409 e. The van der Waals surface area contributed by atoms with Crippen molar-refractivity contribution in [1.29, 1.82) is 0 Å². The predicted octanol–water partition coefficient (Wildman–Crippen LogP) is 3.86. The highest BCUT2D eigenvalue weighted by Gasteiger charge is 2.33. The van der Waals surface area contributed by atoms with E-state index < -0.39 is 0 Å². The SMILES string of the molecule is CCOC(=O)N1CC/C(=C\C#Cc2cccc(OC)c2)C(C)(C)C1. The first kappa shape index (κ1) is 17.9. The molecule has 1 aromatic rings. The Morgan fingerprint density at radius 3 is 2.88 bits per heavy atom. The maximum atomic E-state index is 11.9. The third-order valence-electron chi connectivity index (χ3n) is 4.17. The van der Waals surface area contributed by atoms with E-state index in [2.05, 4.69) is 25.7 Å². The van der Waals surface area contributed by atoms with Crippen LogP contribution in [0, 0.1) is 17.3 Å². The maximum Gasteiger partial charge on any atom is 0.409 e. The number of nitrogens with zero attached hydrogens (tertiary/aromatic N) is 1. The van der Waals surface area contributed by atoms with Crippen LogP contribution in [0.3, 0.4) is 0 Å². The van der Waals surface area contributed by atoms with Crippen LogP contribution in [0.5, 0.6) is 5.75 Å². The first-order chi connectivity index (χ1) is 11.5. The fraction of sp³-hybridized carbons (Fsp3) is 0.450. The van der Waals surface area contributed by atoms with Crippen molar-refractivity contribution < 1.29 is 14.3 Å². The zero-order valence-corrected chi connectivity index (χ0v) is 14.9. The summed E-state index contributed by atoms with van der Waals surface area (Å²) < 4.78 is 10.3. The number of carbonyl (C=O) groups excluding carboxylic acids is 1. The number of hydrogen-bond donors (Lipinski definition) is 0. The van der Waals surface area contributed by atoms with Gasteiger partial charge in [-0.15, -0.1) is 0 Å². The van der Waals surface area contributed by atoms with Crippen LogP contribution in [0.4, 0.5) is 4.79 Å². The van der Waals surface area contributed by atoms with Gasteiger partial charge in [0.25, 0.3) is 0 Å². The number of benzene rings is 1. The number of carbonyl (C=O) groups is 1. The molecule has 2 rings (SSSR count). The van der Waals surface area contributed by atoms with Crippen molar-refractivity contribution in [1.82, 2.24) is 4.90 Å². The molecule has 1 heterocycles. The van der Waals surface area contributed by atoms with Gasteiger partial charge in [0.1, 0.15) is 5.75 Å². The van der Waals surface area contributed by atoms with Crippen LogP contribution in [-0.2, 0) is 4.74 Å². The number of piperidine rings is 1. The van der Waals surface area contributed by atoms with Crippen molar-refractivity contribution in [3.8, 4) is 17.6 Å². The van der Waals surface area contributed by atoms with E-state index in [4.69, 9.17) is 9.47 Å². The van der Waals surface area contributed by atoms with E-state index in [-0.39, 0.29) is 11.5 Å². The Morgan fingerprint density at radius 1 is 1.42 bits per heavy atom. The van der Waals surface area contributed by atoms with Crippen LogP contribution in [-0.4, -0.2) is 37.8 Å². The van der Waals surface area contributed by atoms with E-state index in [0.29, 0.717) is 19.7 Å². The van der Waals surface area contributed by atoms with E-state index in [1.807, 2.05) is 37.3 Å². The topological polar surface area (TPSA) is 38.8 Å². The van der Waals surface area contributed by atoms with Gasteiger partial charge >= 0.3 is 6.09 Å². The number of likely N-dealkylation sites (tertiary alicyclic amines) is 1. The van der Waals surface area contributed by atoms with Gasteiger partial charge in [-0.3, -0.25) is 0 Å². The number of hydrogen-bond acceptors (Lipinski definition) is 3. The van der Waals surface area contributed by atoms with Crippen molar-refractivity contribution in [2.45, 2.75) is 27.2 Å². The van der Waals surface area contributed by atoms with Gasteiger partial charge in [-0.25, -0.2) is 4.79 Å². The van der Waals surface area contributed by atoms with Gasteiger partial charge in [-0.1, -0.05) is 37.3 Å². The molecule has 4 nitrogen and oxygen atoms in total. The highest BCUT2D eigenvalue weighted by molar-refractivity contribution is 5.68. The molecule has 1 saturated heterocycles. The van der Waals surface area contributed by atoms with E-state index >= 15 is 0 Å². The zero-order valence-electron chi connectivity index (χ0n) is 14.9. The van der Waals surface area contributed by atoms with E-state index in [0.717, 1.165) is 17.7 Å². The van der Waals surface area contributed by atoms with Crippen molar-refractivity contribution in [2.24, 2.45) is 5.41 Å². The molecule has 1 aromatic carbocycles. The first-order valence-corrected chi connectivity index (χ1v) is 8.23. The van der Waals surface area contributed by atoms with Gasteiger partial charge in [0.05, 0.1) is 13.7 Å². The van der Waals surface area contributed by atoms with Crippen LogP contribution in [0.1, 0.15) is 32.8 Å². The predicted molar refractivity (Wildman–Crippen MR) is 94.9 cm³/mol. The van der Waals surface area contributed by atoms with Gasteiger partial charge in [0, 0.05) is 24.1 Å². The molecule has 0 saturated carbocycles. The molecular weight excluding hydrogens is 302 g/mol. The molecule has 0 radical (unpaired) electrons. The average molecular weight is 327 g/mol. The summed E-state index contributed by atoms with van der Waals surface area (Å²) in [6, 6.07) is 7.71. The Hall–Kier alpha value is -2.41. The molecule has 4 heteroatoms. The Labute approximate surface area is 144 Å². The van der Waals surface area contributed by atoms with Gasteiger partial charge in [-0.05, 0) is 37.6 Å². The standard InChI is InChI=1S/C20H25NO3/c1-5-24-19(22)21-13-12-17(20(2,3)15-21)10-6-8-16-9-7-11-18(14-16)23-4/h7,9-11,14H,5,12-13,15H2,1-4H3/b17-10+. The van der Waals surface area contributed by atoms with Crippen LogP contribution in [0.2, 0.25) is 0 Å². The second kappa shape index (κ2) is 7.92. The Bertz CT molecular complexity index is 680. The van der Waals surface area contributed by atoms with Crippen LogP contribution < -0.4 is 4.74 Å².